The Morgan fingerprint density at radius 1 is 1.36 bits per heavy atom. The van der Waals surface area contributed by atoms with Crippen LogP contribution in [0.25, 0.3) is 0 Å². The molecule has 78 valence electrons. The summed E-state index contributed by atoms with van der Waals surface area (Å²) in [5.74, 6) is -0.0473. The molecule has 0 unspecified atom stereocenters. The molecule has 1 nitrogen and oxygen atoms in total. The van der Waals surface area contributed by atoms with Crippen LogP contribution >= 0.6 is 27.5 Å². The normalized spacial score (nSPS) is 11.8. The first-order valence-corrected chi connectivity index (χ1v) is 4.90. The first-order valence-electron chi connectivity index (χ1n) is 3.57. The van der Waals surface area contributed by atoms with Crippen molar-refractivity contribution in [3.8, 4) is 0 Å². The van der Waals surface area contributed by atoms with Crippen LogP contribution in [0.15, 0.2) is 16.6 Å². The Hall–Kier alpha value is -0.420. The van der Waals surface area contributed by atoms with E-state index < -0.39 is 11.7 Å². The highest BCUT2D eigenvalue weighted by atomic mass is 79.9. The van der Waals surface area contributed by atoms with E-state index in [1.54, 1.807) is 0 Å². The lowest BCUT2D eigenvalue weighted by atomic mass is 10.1. The van der Waals surface area contributed by atoms with Crippen LogP contribution in [0.4, 0.5) is 18.9 Å². The van der Waals surface area contributed by atoms with Gasteiger partial charge in [0.2, 0.25) is 0 Å². The van der Waals surface area contributed by atoms with Crippen molar-refractivity contribution in [3.05, 3.63) is 27.7 Å². The second-order valence-electron chi connectivity index (χ2n) is 2.66. The van der Waals surface area contributed by atoms with Gasteiger partial charge >= 0.3 is 6.18 Å². The summed E-state index contributed by atoms with van der Waals surface area (Å²) < 4.78 is 37.5. The second kappa shape index (κ2) is 3.98. The fourth-order valence-corrected chi connectivity index (χ4v) is 1.75. The summed E-state index contributed by atoms with van der Waals surface area (Å²) in [6.07, 6.45) is -4.45. The molecule has 2 N–H and O–H groups in total. The number of halogens is 5. The monoisotopic (exact) mass is 287 g/mol. The molecular weight excluding hydrogens is 282 g/mol. The van der Waals surface area contributed by atoms with Crippen molar-refractivity contribution < 1.29 is 13.2 Å². The highest BCUT2D eigenvalue weighted by molar-refractivity contribution is 9.10. The molecule has 0 aliphatic carbocycles. The predicted octanol–water partition coefficient (Wildman–Crippen LogP) is 3.79. The van der Waals surface area contributed by atoms with Gasteiger partial charge in [-0.15, -0.1) is 11.6 Å². The van der Waals surface area contributed by atoms with E-state index in [4.69, 9.17) is 17.3 Å². The number of hydrogen-bond acceptors (Lipinski definition) is 1. The molecule has 0 fully saturated rings. The SMILES string of the molecule is Nc1c(CCl)cc(Br)cc1C(F)(F)F. The largest absolute Gasteiger partial charge is 0.418 e. The maximum atomic E-state index is 12.4. The van der Waals surface area contributed by atoms with Gasteiger partial charge in [-0.05, 0) is 17.7 Å². The first-order chi connectivity index (χ1) is 6.36. The average molecular weight is 288 g/mol. The Labute approximate surface area is 92.2 Å². The van der Waals surface area contributed by atoms with E-state index in [0.29, 0.717) is 4.47 Å². The van der Waals surface area contributed by atoms with Gasteiger partial charge in [0.1, 0.15) is 0 Å². The lowest BCUT2D eigenvalue weighted by Crippen LogP contribution is -2.10. The fraction of sp³-hybridized carbons (Fsp3) is 0.250. The zero-order valence-electron chi connectivity index (χ0n) is 6.83. The molecule has 0 bridgehead atoms. The van der Waals surface area contributed by atoms with E-state index in [1.165, 1.54) is 6.07 Å². The topological polar surface area (TPSA) is 26.0 Å². The molecule has 0 aliphatic rings. The van der Waals surface area contributed by atoms with E-state index >= 15 is 0 Å². The van der Waals surface area contributed by atoms with Crippen LogP contribution in [-0.2, 0) is 12.1 Å². The number of benzene rings is 1. The minimum absolute atomic E-state index is 0.0473. The third-order valence-electron chi connectivity index (χ3n) is 1.68. The lowest BCUT2D eigenvalue weighted by Gasteiger charge is -2.13. The Morgan fingerprint density at radius 2 is 1.93 bits per heavy atom. The second-order valence-corrected chi connectivity index (χ2v) is 3.84. The van der Waals surface area contributed by atoms with Gasteiger partial charge in [0.25, 0.3) is 0 Å². The summed E-state index contributed by atoms with van der Waals surface area (Å²) in [4.78, 5) is 0. The van der Waals surface area contributed by atoms with Crippen molar-refractivity contribution in [1.82, 2.24) is 0 Å². The Bertz CT molecular complexity index is 351. The summed E-state index contributed by atoms with van der Waals surface area (Å²) in [5, 5.41) is 0. The summed E-state index contributed by atoms with van der Waals surface area (Å²) in [7, 11) is 0. The molecule has 0 amide bonds. The van der Waals surface area contributed by atoms with Crippen LogP contribution in [0.2, 0.25) is 0 Å². The minimum atomic E-state index is -4.45. The van der Waals surface area contributed by atoms with Gasteiger partial charge in [-0.3, -0.25) is 0 Å². The number of hydrogen-bond donors (Lipinski definition) is 1. The van der Waals surface area contributed by atoms with Gasteiger partial charge in [0.05, 0.1) is 5.56 Å². The van der Waals surface area contributed by atoms with Gasteiger partial charge in [-0.1, -0.05) is 15.9 Å². The van der Waals surface area contributed by atoms with Crippen LogP contribution in [0.1, 0.15) is 11.1 Å². The lowest BCUT2D eigenvalue weighted by molar-refractivity contribution is -0.137. The number of rotatable bonds is 1. The predicted molar refractivity (Wildman–Crippen MR) is 53.1 cm³/mol. The highest BCUT2D eigenvalue weighted by Gasteiger charge is 2.34. The van der Waals surface area contributed by atoms with Crippen molar-refractivity contribution in [1.29, 1.82) is 0 Å². The first kappa shape index (κ1) is 11.7. The molecule has 0 saturated carbocycles. The van der Waals surface area contributed by atoms with Gasteiger partial charge < -0.3 is 5.73 Å². The summed E-state index contributed by atoms with van der Waals surface area (Å²) in [6.45, 7) is 0. The quantitative estimate of drug-likeness (QED) is 0.617. The minimum Gasteiger partial charge on any atom is -0.398 e. The molecule has 14 heavy (non-hydrogen) atoms. The van der Waals surface area contributed by atoms with Gasteiger partial charge in [0, 0.05) is 16.0 Å². The summed E-state index contributed by atoms with van der Waals surface area (Å²) in [5.41, 5.74) is 4.43. The van der Waals surface area contributed by atoms with Gasteiger partial charge in [-0.2, -0.15) is 13.2 Å². The summed E-state index contributed by atoms with van der Waals surface area (Å²) in [6, 6.07) is 2.41. The van der Waals surface area contributed by atoms with Crippen molar-refractivity contribution in [3.63, 3.8) is 0 Å². The van der Waals surface area contributed by atoms with Crippen LogP contribution in [-0.4, -0.2) is 0 Å². The Morgan fingerprint density at radius 3 is 2.36 bits per heavy atom. The number of alkyl halides is 4. The molecule has 1 aromatic rings. The molecule has 6 heteroatoms. The van der Waals surface area contributed by atoms with Crippen molar-refractivity contribution in [2.45, 2.75) is 12.1 Å². The summed E-state index contributed by atoms with van der Waals surface area (Å²) >= 11 is 8.42. The van der Waals surface area contributed by atoms with E-state index in [-0.39, 0.29) is 17.1 Å². The average Bonchev–Trinajstić information content (AvgIpc) is 2.06. The third kappa shape index (κ3) is 2.33. The highest BCUT2D eigenvalue weighted by Crippen LogP contribution is 2.37. The molecule has 0 radical (unpaired) electrons. The van der Waals surface area contributed by atoms with Crippen LogP contribution in [0.3, 0.4) is 0 Å². The molecule has 1 rings (SSSR count). The molecule has 0 heterocycles. The van der Waals surface area contributed by atoms with Gasteiger partial charge in [0.15, 0.2) is 0 Å². The zero-order valence-corrected chi connectivity index (χ0v) is 9.17. The van der Waals surface area contributed by atoms with Crippen LogP contribution in [0, 0.1) is 0 Å². The van der Waals surface area contributed by atoms with Crippen LogP contribution in [0.5, 0.6) is 0 Å². The fourth-order valence-electron chi connectivity index (χ4n) is 1.02. The van der Waals surface area contributed by atoms with Crippen molar-refractivity contribution in [2.24, 2.45) is 0 Å². The van der Waals surface area contributed by atoms with E-state index in [1.807, 2.05) is 0 Å². The number of anilines is 1. The zero-order chi connectivity index (χ0) is 10.9. The Balaban J connectivity index is 3.37. The number of nitrogen functional groups attached to an aromatic ring is 1. The molecule has 0 aliphatic heterocycles. The Kier molecular flexibility index (Phi) is 3.32. The molecular formula is C8H6BrClF3N. The van der Waals surface area contributed by atoms with Crippen LogP contribution < -0.4 is 5.73 Å². The third-order valence-corrected chi connectivity index (χ3v) is 2.43. The van der Waals surface area contributed by atoms with Crippen molar-refractivity contribution >= 4 is 33.2 Å². The van der Waals surface area contributed by atoms with E-state index in [0.717, 1.165) is 6.07 Å². The molecule has 0 spiro atoms. The molecule has 0 aromatic heterocycles. The smallest absolute Gasteiger partial charge is 0.398 e. The van der Waals surface area contributed by atoms with Crippen molar-refractivity contribution in [2.75, 3.05) is 5.73 Å². The number of nitrogens with two attached hydrogens (primary N) is 1. The van der Waals surface area contributed by atoms with Gasteiger partial charge in [-0.25, -0.2) is 0 Å². The maximum absolute atomic E-state index is 12.4. The maximum Gasteiger partial charge on any atom is 0.418 e. The van der Waals surface area contributed by atoms with E-state index in [2.05, 4.69) is 15.9 Å². The standard InChI is InChI=1S/C8H6BrClF3N/c9-5-1-4(3-10)7(14)6(2-5)8(11,12)13/h1-2H,3,14H2. The molecule has 0 saturated heterocycles. The van der Waals surface area contributed by atoms with E-state index in [9.17, 15) is 13.2 Å². The molecule has 0 atom stereocenters. The molecule has 1 aromatic carbocycles.